The van der Waals surface area contributed by atoms with Crippen molar-refractivity contribution in [2.75, 3.05) is 29.9 Å². The summed E-state index contributed by atoms with van der Waals surface area (Å²) in [7, 11) is 1.95. The molecule has 4 rings (SSSR count). The third-order valence-electron chi connectivity index (χ3n) is 6.41. The lowest BCUT2D eigenvalue weighted by Gasteiger charge is -2.34. The lowest BCUT2D eigenvalue weighted by molar-refractivity contribution is -0.129. The first-order valence-electron chi connectivity index (χ1n) is 11.0. The lowest BCUT2D eigenvalue weighted by atomic mass is 10.00. The van der Waals surface area contributed by atoms with Crippen LogP contribution in [0.4, 0.5) is 21.5 Å². The van der Waals surface area contributed by atoms with Crippen molar-refractivity contribution in [2.45, 2.75) is 32.9 Å². The third-order valence-corrected chi connectivity index (χ3v) is 6.78. The summed E-state index contributed by atoms with van der Waals surface area (Å²) in [5.74, 6) is -0.858. The van der Waals surface area contributed by atoms with E-state index in [4.69, 9.17) is 18.8 Å². The van der Waals surface area contributed by atoms with Gasteiger partial charge in [0.15, 0.2) is 10.8 Å². The number of benzene rings is 2. The molecule has 2 aromatic carbocycles. The minimum atomic E-state index is -1.04. The summed E-state index contributed by atoms with van der Waals surface area (Å²) in [5, 5.41) is 3.03. The van der Waals surface area contributed by atoms with Crippen molar-refractivity contribution in [1.29, 1.82) is 0 Å². The monoisotopic (exact) mass is 479 g/mol. The van der Waals surface area contributed by atoms with Gasteiger partial charge in [-0.25, -0.2) is 9.24 Å². The molecule has 0 aliphatic carbocycles. The van der Waals surface area contributed by atoms with Gasteiger partial charge in [0.25, 0.3) is 5.91 Å². The molecule has 0 atom stereocenters. The topological polar surface area (TPSA) is 60.3 Å². The van der Waals surface area contributed by atoms with Gasteiger partial charge in [-0.2, -0.15) is 0 Å². The van der Waals surface area contributed by atoms with E-state index in [1.54, 1.807) is 56.0 Å². The Morgan fingerprint density at radius 1 is 1.24 bits per heavy atom. The zero-order chi connectivity index (χ0) is 24.8. The highest BCUT2D eigenvalue weighted by molar-refractivity contribution is 7.81. The highest BCUT2D eigenvalue weighted by atomic mass is 32.1. The van der Waals surface area contributed by atoms with Crippen molar-refractivity contribution in [3.8, 4) is 0 Å². The molecular formula is C25H26FN5O2S. The van der Waals surface area contributed by atoms with Crippen molar-refractivity contribution in [1.82, 2.24) is 10.2 Å². The molecule has 0 bridgehead atoms. The van der Waals surface area contributed by atoms with Crippen LogP contribution in [0, 0.1) is 25.2 Å². The fraction of sp³-hybridized carbons (Fsp3) is 0.360. The summed E-state index contributed by atoms with van der Waals surface area (Å²) in [4.78, 5) is 34.1. The molecule has 0 unspecified atom stereocenters. The minimum absolute atomic E-state index is 0.0559. The van der Waals surface area contributed by atoms with E-state index in [1.807, 2.05) is 11.9 Å². The summed E-state index contributed by atoms with van der Waals surface area (Å²) < 4.78 is 15.0. The number of anilines is 2. The van der Waals surface area contributed by atoms with Crippen molar-refractivity contribution in [3.63, 3.8) is 0 Å². The van der Waals surface area contributed by atoms with Crippen LogP contribution < -0.4 is 15.1 Å². The first-order valence-corrected chi connectivity index (χ1v) is 11.4. The number of likely N-dealkylation sites (tertiary alicyclic amines) is 1. The molecule has 2 fully saturated rings. The fourth-order valence-corrected chi connectivity index (χ4v) is 4.89. The Balaban J connectivity index is 1.56. The largest absolute Gasteiger partial charge is 0.352 e. The summed E-state index contributed by atoms with van der Waals surface area (Å²) in [5.41, 5.74) is 1.59. The van der Waals surface area contributed by atoms with Gasteiger partial charge >= 0.3 is 0 Å². The van der Waals surface area contributed by atoms with Gasteiger partial charge < -0.3 is 15.1 Å². The van der Waals surface area contributed by atoms with Crippen molar-refractivity contribution < 1.29 is 14.0 Å². The molecule has 7 nitrogen and oxygen atoms in total. The minimum Gasteiger partial charge on any atom is -0.352 e. The number of carbonyl (C=O) groups excluding carboxylic acids is 2. The zero-order valence-corrected chi connectivity index (χ0v) is 20.4. The van der Waals surface area contributed by atoms with Crippen molar-refractivity contribution in [3.05, 3.63) is 64.8 Å². The summed E-state index contributed by atoms with van der Waals surface area (Å²) >= 11 is 5.66. The Bertz CT molecular complexity index is 1230. The van der Waals surface area contributed by atoms with E-state index in [1.165, 1.54) is 11.0 Å². The van der Waals surface area contributed by atoms with Crippen LogP contribution in [0.25, 0.3) is 4.85 Å². The van der Waals surface area contributed by atoms with Gasteiger partial charge in [0.2, 0.25) is 5.91 Å². The molecule has 1 N–H and O–H groups in total. The molecule has 2 saturated heterocycles. The lowest BCUT2D eigenvalue weighted by Crippen LogP contribution is -2.51. The summed E-state index contributed by atoms with van der Waals surface area (Å²) in [6.45, 7) is 14.0. The summed E-state index contributed by atoms with van der Waals surface area (Å²) in [6.07, 6.45) is 0. The highest BCUT2D eigenvalue weighted by Gasteiger charge is 2.50. The molecule has 0 saturated carbocycles. The average molecular weight is 480 g/mol. The van der Waals surface area contributed by atoms with Crippen LogP contribution in [0.2, 0.25) is 0 Å². The first kappa shape index (κ1) is 23.8. The normalized spacial score (nSPS) is 18.1. The molecule has 34 heavy (non-hydrogen) atoms. The molecule has 0 radical (unpaired) electrons. The van der Waals surface area contributed by atoms with Gasteiger partial charge in [-0.3, -0.25) is 14.5 Å². The van der Waals surface area contributed by atoms with Crippen molar-refractivity contribution in [2.24, 2.45) is 5.92 Å². The van der Waals surface area contributed by atoms with Gasteiger partial charge in [-0.1, -0.05) is 12.1 Å². The number of thiocarbonyl (C=S) groups is 1. The number of hydrogen-bond acceptors (Lipinski definition) is 4. The fourth-order valence-electron chi connectivity index (χ4n) is 4.37. The highest BCUT2D eigenvalue weighted by Crippen LogP contribution is 2.38. The average Bonchev–Trinajstić information content (AvgIpc) is 2.94. The van der Waals surface area contributed by atoms with Crippen LogP contribution in [-0.2, 0) is 16.1 Å². The Morgan fingerprint density at radius 2 is 1.91 bits per heavy atom. The zero-order valence-electron chi connectivity index (χ0n) is 19.6. The van der Waals surface area contributed by atoms with E-state index < -0.39 is 11.4 Å². The predicted molar refractivity (Wildman–Crippen MR) is 133 cm³/mol. The number of aryl methyl sites for hydroxylation is 1. The maximum Gasteiger partial charge on any atom is 0.259 e. The van der Waals surface area contributed by atoms with Crippen molar-refractivity contribution >= 4 is 46.2 Å². The number of carbonyl (C=O) groups is 2. The van der Waals surface area contributed by atoms with E-state index in [9.17, 15) is 14.0 Å². The van der Waals surface area contributed by atoms with Crippen LogP contribution in [0.3, 0.4) is 0 Å². The molecule has 0 spiro atoms. The number of nitrogens with one attached hydrogen (secondary N) is 1. The molecule has 2 aliphatic rings. The molecule has 2 aromatic rings. The molecule has 2 heterocycles. The number of nitrogens with zero attached hydrogens (tertiary/aromatic N) is 4. The quantitative estimate of drug-likeness (QED) is 0.523. The molecular weight excluding hydrogens is 453 g/mol. The van der Waals surface area contributed by atoms with Gasteiger partial charge in [0.05, 0.1) is 12.5 Å². The molecule has 2 amide bonds. The number of halogens is 1. The summed E-state index contributed by atoms with van der Waals surface area (Å²) in [6, 6.07) is 9.77. The maximum atomic E-state index is 15.0. The van der Waals surface area contributed by atoms with Crippen LogP contribution >= 0.6 is 12.2 Å². The molecule has 176 valence electrons. The molecule has 0 aromatic heterocycles. The second kappa shape index (κ2) is 8.78. The first-order chi connectivity index (χ1) is 16.0. The number of rotatable bonds is 5. The number of amides is 2. The Hall–Kier alpha value is -3.35. The smallest absolute Gasteiger partial charge is 0.259 e. The van der Waals surface area contributed by atoms with Gasteiger partial charge in [0.1, 0.15) is 11.4 Å². The maximum absolute atomic E-state index is 15.0. The van der Waals surface area contributed by atoms with E-state index in [0.717, 1.165) is 5.56 Å². The van der Waals surface area contributed by atoms with Gasteiger partial charge in [-0.15, -0.1) is 0 Å². The van der Waals surface area contributed by atoms with E-state index in [0.29, 0.717) is 35.7 Å². The predicted octanol–water partition coefficient (Wildman–Crippen LogP) is 3.78. The van der Waals surface area contributed by atoms with Gasteiger partial charge in [-0.05, 0) is 69.9 Å². The SMILES string of the molecule is [C-]#[N+]c1ccc(N2C(=O)C(C)(C)N(c3ccc(CNC(=O)C4CN(C)C4)c(F)c3)C2=S)cc1C. The van der Waals surface area contributed by atoms with E-state index in [2.05, 4.69) is 10.2 Å². The second-order valence-corrected chi connectivity index (χ2v) is 9.68. The Labute approximate surface area is 204 Å². The third kappa shape index (κ3) is 4.04. The second-order valence-electron chi connectivity index (χ2n) is 9.31. The van der Waals surface area contributed by atoms with Crippen LogP contribution in [0.15, 0.2) is 36.4 Å². The van der Waals surface area contributed by atoms with Gasteiger partial charge in [0, 0.05) is 36.6 Å². The molecule has 9 heteroatoms. The van der Waals surface area contributed by atoms with E-state index in [-0.39, 0.29) is 29.4 Å². The van der Waals surface area contributed by atoms with Crippen LogP contribution in [-0.4, -0.2) is 47.5 Å². The molecule has 2 aliphatic heterocycles. The Morgan fingerprint density at radius 3 is 2.50 bits per heavy atom. The Kier molecular flexibility index (Phi) is 6.14. The van der Waals surface area contributed by atoms with Crippen LogP contribution in [0.5, 0.6) is 0 Å². The van der Waals surface area contributed by atoms with E-state index >= 15 is 0 Å². The standard InChI is InChI=1S/C25H26FN5O2S/c1-15-10-18(8-9-21(15)27-4)30-23(33)25(2,3)31(24(30)34)19-7-6-16(20(26)11-19)12-28-22(32)17-13-29(5)14-17/h6-11,17H,12-14H2,1-3,5H3,(H,28,32). The number of hydrogen-bond donors (Lipinski definition) is 1. The van der Waals surface area contributed by atoms with Crippen LogP contribution in [0.1, 0.15) is 25.0 Å².